The third kappa shape index (κ3) is 7.31. The van der Waals surface area contributed by atoms with Crippen LogP contribution in [0.15, 0.2) is 27.6 Å². The number of ether oxygens (including phenoxy) is 1. The predicted molar refractivity (Wildman–Crippen MR) is 178 cm³/mol. The first-order valence-corrected chi connectivity index (χ1v) is 18.2. The molecule has 2 amide bonds. The topological polar surface area (TPSA) is 206 Å². The average molecular weight is 687 g/mol. The maximum Gasteiger partial charge on any atom is 0.335 e. The quantitative estimate of drug-likeness (QED) is 0.140. The average Bonchev–Trinajstić information content (AvgIpc) is 3.32. The van der Waals surface area contributed by atoms with Crippen LogP contribution in [0.3, 0.4) is 0 Å². The van der Waals surface area contributed by atoms with Gasteiger partial charge in [0.1, 0.15) is 12.1 Å². The minimum Gasteiger partial charge on any atom is -0.480 e. The number of fused-ring (bicyclic) bond motifs is 5. The molecule has 0 aliphatic heterocycles. The van der Waals surface area contributed by atoms with Crippen LogP contribution < -0.4 is 16.7 Å². The zero-order valence-electron chi connectivity index (χ0n) is 28.9. The largest absolute Gasteiger partial charge is 0.480 e. The molecule has 0 aromatic carbocycles. The van der Waals surface area contributed by atoms with Crippen molar-refractivity contribution < 1.29 is 43.7 Å². The fourth-order valence-electron chi connectivity index (χ4n) is 10.3. The van der Waals surface area contributed by atoms with Gasteiger partial charge in [0.05, 0.1) is 17.5 Å². The van der Waals surface area contributed by atoms with Crippen molar-refractivity contribution in [3.05, 3.63) is 34.4 Å². The summed E-state index contributed by atoms with van der Waals surface area (Å²) in [6.07, 6.45) is 10.2. The number of carbonyl (C=O) groups excluding carboxylic acids is 3. The molecule has 4 aliphatic rings. The van der Waals surface area contributed by atoms with Crippen molar-refractivity contribution in [3.8, 4) is 0 Å². The van der Waals surface area contributed by atoms with Crippen LogP contribution in [0.25, 0.3) is 0 Å². The van der Waals surface area contributed by atoms with Gasteiger partial charge < -0.3 is 35.5 Å². The number of nitrogens with one attached hydrogen (secondary N) is 1. The van der Waals surface area contributed by atoms with Crippen LogP contribution in [0, 0.1) is 22.7 Å². The minimum absolute atomic E-state index is 0.0562. The van der Waals surface area contributed by atoms with Gasteiger partial charge in [0.2, 0.25) is 11.8 Å². The standard InChI is InChI=1S/C37H54N2O10/c1-34-17-13-24(49-32(43)8-6-4-3-5-7-30(41)39-28(33(44)45)10-11-29(38)40)21-36(34,46)19-15-27-26(34)14-18-35(2)25(16-20-37(27,35)47)23-9-12-31(42)48-22-23/h9,12,22,24-28,46-47H,3-8,10-11,13-21H2,1-2H3,(H2,38,40)(H,39,41)(H,44,45)/t24-,25+,26-,27+,28-,34+,35+,36-,37-/m0/s1. The molecule has 12 heteroatoms. The highest BCUT2D eigenvalue weighted by atomic mass is 16.5. The molecule has 49 heavy (non-hydrogen) atoms. The summed E-state index contributed by atoms with van der Waals surface area (Å²) in [6, 6.07) is 2.14. The van der Waals surface area contributed by atoms with Gasteiger partial charge in [-0.2, -0.15) is 0 Å². The fourth-order valence-corrected chi connectivity index (χ4v) is 10.3. The SMILES string of the molecule is C[C@]12CC[C@H](OC(=O)CCCCCCC(=O)N[C@@H](CCC(N)=O)C(=O)O)C[C@@]1(O)CC[C@@H]1[C@@H]2CC[C@]2(C)[C@@H](c3ccc(=O)oc3)CC[C@]12O. The Morgan fingerprint density at radius 3 is 2.29 bits per heavy atom. The second kappa shape index (κ2) is 14.5. The van der Waals surface area contributed by atoms with E-state index in [-0.39, 0.29) is 66.6 Å². The molecule has 1 aromatic heterocycles. The fraction of sp³-hybridized carbons (Fsp3) is 0.757. The Labute approximate surface area is 287 Å². The lowest BCUT2D eigenvalue weighted by molar-refractivity contribution is -0.255. The Hall–Kier alpha value is -3.25. The molecule has 0 radical (unpaired) electrons. The second-order valence-corrected chi connectivity index (χ2v) is 15.8. The van der Waals surface area contributed by atoms with Gasteiger partial charge in [-0.3, -0.25) is 14.4 Å². The van der Waals surface area contributed by atoms with E-state index in [1.165, 1.54) is 6.07 Å². The molecule has 4 saturated carbocycles. The third-order valence-corrected chi connectivity index (χ3v) is 13.2. The molecule has 9 atom stereocenters. The lowest BCUT2D eigenvalue weighted by Gasteiger charge is -2.66. The lowest BCUT2D eigenvalue weighted by atomic mass is 9.42. The van der Waals surface area contributed by atoms with E-state index in [4.69, 9.17) is 14.9 Å². The van der Waals surface area contributed by atoms with E-state index >= 15 is 0 Å². The number of hydrogen-bond acceptors (Lipinski definition) is 9. The molecule has 272 valence electrons. The molecule has 4 aliphatic carbocycles. The van der Waals surface area contributed by atoms with E-state index in [1.54, 1.807) is 6.26 Å². The Balaban J connectivity index is 1.07. The van der Waals surface area contributed by atoms with Gasteiger partial charge in [0.25, 0.3) is 0 Å². The van der Waals surface area contributed by atoms with Crippen LogP contribution in [0.5, 0.6) is 0 Å². The van der Waals surface area contributed by atoms with Gasteiger partial charge in [-0.1, -0.05) is 26.7 Å². The molecule has 0 bridgehead atoms. The van der Waals surface area contributed by atoms with Crippen molar-refractivity contribution in [2.75, 3.05) is 0 Å². The molecule has 1 aromatic rings. The number of esters is 1. The Bertz CT molecular complexity index is 1440. The molecule has 0 saturated heterocycles. The first-order chi connectivity index (χ1) is 23.1. The van der Waals surface area contributed by atoms with Gasteiger partial charge in [-0.05, 0) is 105 Å². The van der Waals surface area contributed by atoms with Gasteiger partial charge in [-0.25, -0.2) is 9.59 Å². The molecule has 1 heterocycles. The monoisotopic (exact) mass is 686 g/mol. The Morgan fingerprint density at radius 1 is 0.918 bits per heavy atom. The number of hydrogen-bond donors (Lipinski definition) is 5. The van der Waals surface area contributed by atoms with Crippen LogP contribution in [0.2, 0.25) is 0 Å². The van der Waals surface area contributed by atoms with Crippen molar-refractivity contribution in [2.45, 2.75) is 152 Å². The maximum atomic E-state index is 12.8. The zero-order chi connectivity index (χ0) is 35.6. The third-order valence-electron chi connectivity index (χ3n) is 13.2. The van der Waals surface area contributed by atoms with Crippen molar-refractivity contribution in [2.24, 2.45) is 28.4 Å². The van der Waals surface area contributed by atoms with E-state index in [0.29, 0.717) is 57.8 Å². The number of aliphatic hydroxyl groups is 2. The molecule has 0 spiro atoms. The normalized spacial score (nSPS) is 35.7. The summed E-state index contributed by atoms with van der Waals surface area (Å²) >= 11 is 0. The summed E-state index contributed by atoms with van der Waals surface area (Å²) in [7, 11) is 0. The van der Waals surface area contributed by atoms with Gasteiger partial charge >= 0.3 is 17.6 Å². The number of aliphatic carboxylic acids is 1. The Kier molecular flexibility index (Phi) is 11.0. The number of unbranched alkanes of at least 4 members (excludes halogenated alkanes) is 3. The second-order valence-electron chi connectivity index (χ2n) is 15.8. The number of primary amides is 1. The van der Waals surface area contributed by atoms with Crippen molar-refractivity contribution >= 4 is 23.8 Å². The summed E-state index contributed by atoms with van der Waals surface area (Å²) in [5, 5.41) is 36.3. The Morgan fingerprint density at radius 2 is 1.61 bits per heavy atom. The molecule has 4 fully saturated rings. The van der Waals surface area contributed by atoms with Crippen molar-refractivity contribution in [3.63, 3.8) is 0 Å². The van der Waals surface area contributed by atoms with Gasteiger partial charge in [0, 0.05) is 37.2 Å². The predicted octanol–water partition coefficient (Wildman–Crippen LogP) is 4.08. The minimum atomic E-state index is -1.21. The highest BCUT2D eigenvalue weighted by Gasteiger charge is 2.70. The number of nitrogens with two attached hydrogens (primary N) is 1. The van der Waals surface area contributed by atoms with Crippen molar-refractivity contribution in [1.82, 2.24) is 5.32 Å². The van der Waals surface area contributed by atoms with Crippen LogP contribution in [-0.4, -0.2) is 62.4 Å². The smallest absolute Gasteiger partial charge is 0.335 e. The molecular weight excluding hydrogens is 632 g/mol. The summed E-state index contributed by atoms with van der Waals surface area (Å²) in [6.45, 7) is 4.37. The van der Waals surface area contributed by atoms with E-state index in [9.17, 15) is 39.3 Å². The molecule has 12 nitrogen and oxygen atoms in total. The summed E-state index contributed by atoms with van der Waals surface area (Å²) in [5.41, 5.74) is 3.05. The van der Waals surface area contributed by atoms with Crippen molar-refractivity contribution in [1.29, 1.82) is 0 Å². The lowest BCUT2D eigenvalue weighted by Crippen LogP contribution is -2.67. The summed E-state index contributed by atoms with van der Waals surface area (Å²) in [5.74, 6) is -2.22. The zero-order valence-corrected chi connectivity index (χ0v) is 28.9. The van der Waals surface area contributed by atoms with Gasteiger partial charge in [-0.15, -0.1) is 0 Å². The van der Waals surface area contributed by atoms with E-state index in [1.807, 2.05) is 6.07 Å². The number of carboxylic acids is 1. The number of carbonyl (C=O) groups is 4. The maximum absolute atomic E-state index is 12.8. The number of rotatable bonds is 14. The van der Waals surface area contributed by atoms with Crippen LogP contribution in [-0.2, 0) is 23.9 Å². The summed E-state index contributed by atoms with van der Waals surface area (Å²) in [4.78, 5) is 58.7. The highest BCUT2D eigenvalue weighted by molar-refractivity contribution is 5.84. The molecule has 6 N–H and O–H groups in total. The highest BCUT2D eigenvalue weighted by Crippen LogP contribution is 2.71. The number of amides is 2. The molecular formula is C37H54N2O10. The van der Waals surface area contributed by atoms with E-state index in [0.717, 1.165) is 31.2 Å². The van der Waals surface area contributed by atoms with Crippen LogP contribution in [0.4, 0.5) is 0 Å². The van der Waals surface area contributed by atoms with Crippen LogP contribution >= 0.6 is 0 Å². The van der Waals surface area contributed by atoms with Gasteiger partial charge in [0.15, 0.2) is 0 Å². The summed E-state index contributed by atoms with van der Waals surface area (Å²) < 4.78 is 11.1. The van der Waals surface area contributed by atoms with E-state index < -0.39 is 40.4 Å². The van der Waals surface area contributed by atoms with E-state index in [2.05, 4.69) is 19.2 Å². The first kappa shape index (κ1) is 37.0. The number of carboxylic acid groups (broad SMARTS) is 1. The first-order valence-electron chi connectivity index (χ1n) is 18.2. The molecule has 0 unspecified atom stereocenters. The molecule has 5 rings (SSSR count). The van der Waals surface area contributed by atoms with Crippen LogP contribution in [0.1, 0.15) is 134 Å².